The van der Waals surface area contributed by atoms with Crippen molar-refractivity contribution in [2.24, 2.45) is 0 Å². The zero-order chi connectivity index (χ0) is 19.3. The first-order chi connectivity index (χ1) is 12.2. The highest BCUT2D eigenvalue weighted by molar-refractivity contribution is 5.88. The largest absolute Gasteiger partial charge is 0.405 e. The molecule has 1 aliphatic heterocycles. The van der Waals surface area contributed by atoms with Gasteiger partial charge in [-0.25, -0.2) is 0 Å². The van der Waals surface area contributed by atoms with Crippen molar-refractivity contribution < 1.29 is 22.8 Å². The number of amides is 2. The van der Waals surface area contributed by atoms with E-state index in [1.165, 1.54) is 10.5 Å². The van der Waals surface area contributed by atoms with Gasteiger partial charge in [0.2, 0.25) is 11.8 Å². The molecule has 0 aromatic heterocycles. The van der Waals surface area contributed by atoms with Crippen LogP contribution in [0.3, 0.4) is 0 Å². The number of hydrogen-bond donors (Lipinski definition) is 1. The molecule has 0 spiro atoms. The van der Waals surface area contributed by atoms with Gasteiger partial charge >= 0.3 is 6.18 Å². The van der Waals surface area contributed by atoms with Crippen molar-refractivity contribution in [2.75, 3.05) is 13.1 Å². The van der Waals surface area contributed by atoms with Crippen LogP contribution in [0.15, 0.2) is 24.3 Å². The summed E-state index contributed by atoms with van der Waals surface area (Å²) in [6.07, 6.45) is -2.64. The molecular weight excluding hydrogens is 345 g/mol. The predicted molar refractivity (Wildman–Crippen MR) is 92.7 cm³/mol. The summed E-state index contributed by atoms with van der Waals surface area (Å²) in [5.74, 6) is -0.483. The molecule has 4 nitrogen and oxygen atoms in total. The van der Waals surface area contributed by atoms with Gasteiger partial charge in [0.15, 0.2) is 0 Å². The third-order valence-corrected chi connectivity index (χ3v) is 4.61. The van der Waals surface area contributed by atoms with Crippen molar-refractivity contribution in [2.45, 2.75) is 57.7 Å². The smallest absolute Gasteiger partial charge is 0.345 e. The zero-order valence-corrected chi connectivity index (χ0v) is 15.1. The maximum Gasteiger partial charge on any atom is 0.405 e. The number of nitrogens with one attached hydrogen (secondary N) is 1. The van der Waals surface area contributed by atoms with Crippen LogP contribution in [0.1, 0.15) is 50.2 Å². The Bertz CT molecular complexity index is 627. The number of benzene rings is 1. The van der Waals surface area contributed by atoms with Gasteiger partial charge in [-0.2, -0.15) is 13.2 Å². The molecule has 1 aliphatic rings. The summed E-state index contributed by atoms with van der Waals surface area (Å²) < 4.78 is 36.8. The lowest BCUT2D eigenvalue weighted by molar-refractivity contribution is -0.144. The summed E-state index contributed by atoms with van der Waals surface area (Å²) >= 11 is 0. The third kappa shape index (κ3) is 5.75. The van der Waals surface area contributed by atoms with Gasteiger partial charge < -0.3 is 10.2 Å². The second-order valence-corrected chi connectivity index (χ2v) is 6.97. The Balaban J connectivity index is 1.88. The lowest BCUT2D eigenvalue weighted by Gasteiger charge is -2.24. The number of nitrogens with zero attached hydrogens (tertiary/aromatic N) is 1. The van der Waals surface area contributed by atoms with E-state index in [9.17, 15) is 22.8 Å². The number of alkyl halides is 3. The van der Waals surface area contributed by atoms with Gasteiger partial charge in [0, 0.05) is 13.0 Å². The van der Waals surface area contributed by atoms with E-state index in [0.717, 1.165) is 5.56 Å². The van der Waals surface area contributed by atoms with E-state index in [-0.39, 0.29) is 12.3 Å². The minimum absolute atomic E-state index is 0.192. The molecule has 7 heteroatoms. The first-order valence-corrected chi connectivity index (χ1v) is 8.90. The number of hydrogen-bond acceptors (Lipinski definition) is 2. The molecule has 0 aliphatic carbocycles. The van der Waals surface area contributed by atoms with Crippen LogP contribution in [0.4, 0.5) is 13.2 Å². The van der Waals surface area contributed by atoms with Gasteiger partial charge in [0.05, 0.1) is 0 Å². The minimum Gasteiger partial charge on any atom is -0.345 e. The van der Waals surface area contributed by atoms with Crippen LogP contribution in [0, 0.1) is 0 Å². The fourth-order valence-electron chi connectivity index (χ4n) is 3.11. The molecule has 1 fully saturated rings. The summed E-state index contributed by atoms with van der Waals surface area (Å²) in [6, 6.07) is 7.25. The Hall–Kier alpha value is -2.05. The van der Waals surface area contributed by atoms with E-state index in [1.807, 2.05) is 29.6 Å². The zero-order valence-electron chi connectivity index (χ0n) is 15.1. The Morgan fingerprint density at radius 1 is 1.23 bits per heavy atom. The number of aryl methyl sites for hydroxylation is 1. The Labute approximate surface area is 151 Å². The summed E-state index contributed by atoms with van der Waals surface area (Å²) in [6.45, 7) is 3.26. The second-order valence-electron chi connectivity index (χ2n) is 6.97. The van der Waals surface area contributed by atoms with Crippen molar-refractivity contribution >= 4 is 11.8 Å². The molecule has 26 heavy (non-hydrogen) atoms. The molecule has 1 N–H and O–H groups in total. The molecule has 1 saturated heterocycles. The van der Waals surface area contributed by atoms with Gasteiger partial charge in [-0.3, -0.25) is 9.59 Å². The van der Waals surface area contributed by atoms with Crippen LogP contribution in [0.25, 0.3) is 0 Å². The number of carbonyl (C=O) groups is 2. The van der Waals surface area contributed by atoms with E-state index in [2.05, 4.69) is 13.8 Å². The molecule has 2 rings (SSSR count). The van der Waals surface area contributed by atoms with Crippen molar-refractivity contribution in [3.63, 3.8) is 0 Å². The van der Waals surface area contributed by atoms with E-state index in [4.69, 9.17) is 0 Å². The molecule has 1 aromatic carbocycles. The second kappa shape index (κ2) is 8.56. The van der Waals surface area contributed by atoms with E-state index in [0.29, 0.717) is 31.7 Å². The molecular formula is C19H25F3N2O2. The molecule has 2 amide bonds. The third-order valence-electron chi connectivity index (χ3n) is 4.61. The van der Waals surface area contributed by atoms with Crippen LogP contribution < -0.4 is 5.32 Å². The quantitative estimate of drug-likeness (QED) is 0.834. The normalized spacial score (nSPS) is 17.6. The first-order valence-electron chi connectivity index (χ1n) is 8.90. The molecule has 1 aromatic rings. The van der Waals surface area contributed by atoms with Crippen LogP contribution in [0.2, 0.25) is 0 Å². The highest BCUT2D eigenvalue weighted by atomic mass is 19.4. The highest BCUT2D eigenvalue weighted by Crippen LogP contribution is 2.21. The highest BCUT2D eigenvalue weighted by Gasteiger charge is 2.36. The molecule has 0 saturated carbocycles. The molecule has 144 valence electrons. The van der Waals surface area contributed by atoms with Gasteiger partial charge in [-0.05, 0) is 36.3 Å². The average Bonchev–Trinajstić information content (AvgIpc) is 3.07. The molecule has 0 bridgehead atoms. The van der Waals surface area contributed by atoms with Gasteiger partial charge in [0.25, 0.3) is 0 Å². The topological polar surface area (TPSA) is 49.4 Å². The molecule has 1 atom stereocenters. The molecule has 1 unspecified atom stereocenters. The standard InChI is InChI=1S/C19H25F3N2O2/c1-13(2)15-8-5-14(6-9-15)7-10-17(25)24-11-3-4-16(24)18(26)23-12-19(20,21)22/h5-6,8-9,13,16H,3-4,7,10-12H2,1-2H3,(H,23,26). The number of carbonyl (C=O) groups excluding carboxylic acids is 2. The number of rotatable bonds is 6. The summed E-state index contributed by atoms with van der Waals surface area (Å²) in [5.41, 5.74) is 2.25. The summed E-state index contributed by atoms with van der Waals surface area (Å²) in [5, 5.41) is 1.88. The first kappa shape index (κ1) is 20.3. The van der Waals surface area contributed by atoms with Crippen LogP contribution in [-0.2, 0) is 16.0 Å². The Kier molecular flexibility index (Phi) is 6.67. The monoisotopic (exact) mass is 370 g/mol. The van der Waals surface area contributed by atoms with Crippen LogP contribution >= 0.6 is 0 Å². The maximum absolute atomic E-state index is 12.4. The number of halogens is 3. The van der Waals surface area contributed by atoms with Crippen molar-refractivity contribution in [3.8, 4) is 0 Å². The average molecular weight is 370 g/mol. The van der Waals surface area contributed by atoms with Gasteiger partial charge in [-0.15, -0.1) is 0 Å². The van der Waals surface area contributed by atoms with Crippen LogP contribution in [-0.4, -0.2) is 42.0 Å². The maximum atomic E-state index is 12.4. The van der Waals surface area contributed by atoms with E-state index < -0.39 is 24.7 Å². The van der Waals surface area contributed by atoms with Gasteiger partial charge in [0.1, 0.15) is 12.6 Å². The molecule has 0 radical (unpaired) electrons. The van der Waals surface area contributed by atoms with Crippen molar-refractivity contribution in [1.29, 1.82) is 0 Å². The van der Waals surface area contributed by atoms with Crippen LogP contribution in [0.5, 0.6) is 0 Å². The lowest BCUT2D eigenvalue weighted by Crippen LogP contribution is -2.48. The fraction of sp³-hybridized carbons (Fsp3) is 0.579. The summed E-state index contributed by atoms with van der Waals surface area (Å²) in [7, 11) is 0. The number of likely N-dealkylation sites (tertiary alicyclic amines) is 1. The summed E-state index contributed by atoms with van der Waals surface area (Å²) in [4.78, 5) is 25.8. The van der Waals surface area contributed by atoms with E-state index in [1.54, 1.807) is 0 Å². The minimum atomic E-state index is -4.45. The van der Waals surface area contributed by atoms with Crippen molar-refractivity contribution in [1.82, 2.24) is 10.2 Å². The predicted octanol–water partition coefficient (Wildman–Crippen LogP) is 3.41. The molecule has 1 heterocycles. The lowest BCUT2D eigenvalue weighted by atomic mass is 10.00. The van der Waals surface area contributed by atoms with Gasteiger partial charge in [-0.1, -0.05) is 38.1 Å². The Morgan fingerprint density at radius 3 is 2.46 bits per heavy atom. The Morgan fingerprint density at radius 2 is 1.88 bits per heavy atom. The fourth-order valence-corrected chi connectivity index (χ4v) is 3.11. The van der Waals surface area contributed by atoms with E-state index >= 15 is 0 Å². The SMILES string of the molecule is CC(C)c1ccc(CCC(=O)N2CCCC2C(=O)NCC(F)(F)F)cc1. The van der Waals surface area contributed by atoms with Crippen molar-refractivity contribution in [3.05, 3.63) is 35.4 Å².